The van der Waals surface area contributed by atoms with Crippen LogP contribution in [0, 0.1) is 17.0 Å². The topological polar surface area (TPSA) is 78.0 Å². The molecule has 0 N–H and O–H groups in total. The third-order valence-electron chi connectivity index (χ3n) is 2.88. The lowest BCUT2D eigenvalue weighted by molar-refractivity contribution is -0.385. The quantitative estimate of drug-likeness (QED) is 0.583. The molecule has 0 bridgehead atoms. The van der Waals surface area contributed by atoms with Crippen molar-refractivity contribution in [3.8, 4) is 0 Å². The molecule has 2 rings (SSSR count). The van der Waals surface area contributed by atoms with Crippen LogP contribution in [-0.4, -0.2) is 14.7 Å². The number of aromatic nitrogens is 2. The summed E-state index contributed by atoms with van der Waals surface area (Å²) >= 11 is 6.37. The highest BCUT2D eigenvalue weighted by Crippen LogP contribution is 2.22. The van der Waals surface area contributed by atoms with E-state index in [1.807, 2.05) is 0 Å². The second-order valence-corrected chi connectivity index (χ2v) is 5.73. The number of hydrogen-bond acceptors (Lipinski definition) is 4. The Kier molecular flexibility index (Phi) is 4.34. The van der Waals surface area contributed by atoms with E-state index in [2.05, 4.69) is 37.0 Å². The zero-order valence-corrected chi connectivity index (χ0v) is 13.5. The monoisotopic (exact) mass is 401 g/mol. The van der Waals surface area contributed by atoms with Crippen LogP contribution in [0.5, 0.6) is 0 Å². The maximum Gasteiger partial charge on any atom is 0.282 e. The summed E-state index contributed by atoms with van der Waals surface area (Å²) in [4.78, 5) is 22.5. The molecule has 0 saturated carbocycles. The Labute approximate surface area is 130 Å². The molecular formula is C12H9Br2N3O3. The Hall–Kier alpha value is -1.54. The molecule has 8 heteroatoms. The Balaban J connectivity index is 2.46. The van der Waals surface area contributed by atoms with Crippen LogP contribution in [0.15, 0.2) is 38.1 Å². The van der Waals surface area contributed by atoms with Gasteiger partial charge in [0.1, 0.15) is 4.47 Å². The van der Waals surface area contributed by atoms with Crippen molar-refractivity contribution in [2.75, 3.05) is 0 Å². The molecule has 1 aromatic heterocycles. The van der Waals surface area contributed by atoms with Gasteiger partial charge in [-0.1, -0.05) is 12.1 Å². The van der Waals surface area contributed by atoms with Gasteiger partial charge < -0.3 is 0 Å². The summed E-state index contributed by atoms with van der Waals surface area (Å²) in [6, 6.07) is 4.78. The molecule has 0 radical (unpaired) electrons. The smallest absolute Gasteiger partial charge is 0.266 e. The number of nitrogens with zero attached hydrogens (tertiary/aromatic N) is 3. The van der Waals surface area contributed by atoms with Gasteiger partial charge in [-0.15, -0.1) is 0 Å². The molecule has 0 atom stereocenters. The van der Waals surface area contributed by atoms with Crippen LogP contribution >= 0.6 is 31.9 Å². The van der Waals surface area contributed by atoms with Gasteiger partial charge >= 0.3 is 0 Å². The Morgan fingerprint density at radius 3 is 2.75 bits per heavy atom. The zero-order chi connectivity index (χ0) is 14.9. The molecule has 0 aliphatic rings. The van der Waals surface area contributed by atoms with Gasteiger partial charge in [0.15, 0.2) is 0 Å². The second kappa shape index (κ2) is 5.84. The van der Waals surface area contributed by atoms with E-state index < -0.39 is 4.92 Å². The van der Waals surface area contributed by atoms with Crippen molar-refractivity contribution in [3.05, 3.63) is 64.9 Å². The van der Waals surface area contributed by atoms with Crippen LogP contribution in [0.2, 0.25) is 0 Å². The molecule has 0 aliphatic heterocycles. The normalized spacial score (nSPS) is 10.6. The Morgan fingerprint density at radius 1 is 1.40 bits per heavy atom. The van der Waals surface area contributed by atoms with Gasteiger partial charge in [0.05, 0.1) is 22.1 Å². The highest BCUT2D eigenvalue weighted by atomic mass is 79.9. The van der Waals surface area contributed by atoms with Gasteiger partial charge in [0, 0.05) is 11.6 Å². The van der Waals surface area contributed by atoms with Crippen molar-refractivity contribution in [1.82, 2.24) is 9.78 Å². The first kappa shape index (κ1) is 14.9. The predicted octanol–water partition coefficient (Wildman–Crippen LogP) is 3.03. The van der Waals surface area contributed by atoms with E-state index >= 15 is 0 Å². The van der Waals surface area contributed by atoms with Crippen LogP contribution in [0.3, 0.4) is 0 Å². The first-order valence-corrected chi connectivity index (χ1v) is 7.14. The molecule has 104 valence electrons. The highest BCUT2D eigenvalue weighted by molar-refractivity contribution is 9.13. The summed E-state index contributed by atoms with van der Waals surface area (Å²) in [5.41, 5.74) is 0.949. The van der Waals surface area contributed by atoms with E-state index in [9.17, 15) is 14.9 Å². The van der Waals surface area contributed by atoms with Crippen molar-refractivity contribution < 1.29 is 4.92 Å². The summed E-state index contributed by atoms with van der Waals surface area (Å²) in [5.74, 6) is 0. The number of nitro groups is 1. The number of nitro benzene ring substituents is 1. The van der Waals surface area contributed by atoms with Gasteiger partial charge in [-0.05, 0) is 44.3 Å². The van der Waals surface area contributed by atoms with E-state index in [0.717, 1.165) is 0 Å². The minimum atomic E-state index is -0.438. The minimum absolute atomic E-state index is 0.0340. The standard InChI is InChI=1S/C12H9Br2N3O3/c1-7-8(3-2-4-10(7)17(19)20)6-16-12(18)11(14)9(13)5-15-16/h2-5H,6H2,1H3. The highest BCUT2D eigenvalue weighted by Gasteiger charge is 2.15. The molecule has 0 saturated heterocycles. The third-order valence-corrected chi connectivity index (χ3v) is 4.78. The van der Waals surface area contributed by atoms with Gasteiger partial charge in [0.25, 0.3) is 11.2 Å². The Morgan fingerprint density at radius 2 is 2.10 bits per heavy atom. The number of rotatable bonds is 3. The third kappa shape index (κ3) is 2.80. The van der Waals surface area contributed by atoms with Gasteiger partial charge in [0.2, 0.25) is 0 Å². The SMILES string of the molecule is Cc1c(Cn2ncc(Br)c(Br)c2=O)cccc1[N+](=O)[O-]. The first-order chi connectivity index (χ1) is 9.41. The van der Waals surface area contributed by atoms with Crippen molar-refractivity contribution in [2.24, 2.45) is 0 Å². The fourth-order valence-electron chi connectivity index (χ4n) is 1.76. The van der Waals surface area contributed by atoms with Gasteiger partial charge in [-0.2, -0.15) is 5.10 Å². The molecule has 1 heterocycles. The maximum absolute atomic E-state index is 12.0. The van der Waals surface area contributed by atoms with Crippen molar-refractivity contribution >= 4 is 37.5 Å². The fraction of sp³-hybridized carbons (Fsp3) is 0.167. The van der Waals surface area contributed by atoms with Crippen molar-refractivity contribution in [1.29, 1.82) is 0 Å². The average molecular weight is 403 g/mol. The van der Waals surface area contributed by atoms with Gasteiger partial charge in [-0.25, -0.2) is 4.68 Å². The molecule has 20 heavy (non-hydrogen) atoms. The Bertz CT molecular complexity index is 743. The molecule has 0 aliphatic carbocycles. The predicted molar refractivity (Wildman–Crippen MR) is 80.8 cm³/mol. The molecule has 0 fully saturated rings. The summed E-state index contributed by atoms with van der Waals surface area (Å²) in [7, 11) is 0. The van der Waals surface area contributed by atoms with Crippen LogP contribution in [-0.2, 0) is 6.54 Å². The largest absolute Gasteiger partial charge is 0.282 e. The molecular weight excluding hydrogens is 394 g/mol. The summed E-state index contributed by atoms with van der Waals surface area (Å²) in [5, 5.41) is 14.9. The molecule has 2 aromatic rings. The summed E-state index contributed by atoms with van der Waals surface area (Å²) in [6.45, 7) is 1.84. The summed E-state index contributed by atoms with van der Waals surface area (Å²) < 4.78 is 2.19. The fourth-order valence-corrected chi connectivity index (χ4v) is 2.33. The van der Waals surface area contributed by atoms with Crippen LogP contribution < -0.4 is 5.56 Å². The lowest BCUT2D eigenvalue weighted by Gasteiger charge is -2.08. The molecule has 0 amide bonds. The van der Waals surface area contributed by atoms with E-state index in [1.54, 1.807) is 19.1 Å². The van der Waals surface area contributed by atoms with Gasteiger partial charge in [-0.3, -0.25) is 14.9 Å². The van der Waals surface area contributed by atoms with Crippen molar-refractivity contribution in [3.63, 3.8) is 0 Å². The van der Waals surface area contributed by atoms with Crippen LogP contribution in [0.25, 0.3) is 0 Å². The average Bonchev–Trinajstić information content (AvgIpc) is 2.41. The maximum atomic E-state index is 12.0. The zero-order valence-electron chi connectivity index (χ0n) is 10.3. The molecule has 6 nitrogen and oxygen atoms in total. The molecule has 0 spiro atoms. The van der Waals surface area contributed by atoms with Crippen molar-refractivity contribution in [2.45, 2.75) is 13.5 Å². The summed E-state index contributed by atoms with van der Waals surface area (Å²) in [6.07, 6.45) is 1.50. The second-order valence-electron chi connectivity index (χ2n) is 4.09. The van der Waals surface area contributed by atoms with E-state index in [-0.39, 0.29) is 17.8 Å². The van der Waals surface area contributed by atoms with E-state index in [4.69, 9.17) is 0 Å². The van der Waals surface area contributed by atoms with Crippen LogP contribution in [0.1, 0.15) is 11.1 Å². The minimum Gasteiger partial charge on any atom is -0.266 e. The number of benzene rings is 1. The first-order valence-electron chi connectivity index (χ1n) is 5.56. The molecule has 0 unspecified atom stereocenters. The lowest BCUT2D eigenvalue weighted by Crippen LogP contribution is -2.24. The number of hydrogen-bond donors (Lipinski definition) is 0. The number of halogens is 2. The van der Waals surface area contributed by atoms with E-state index in [1.165, 1.54) is 16.9 Å². The molecule has 1 aromatic carbocycles. The lowest BCUT2D eigenvalue weighted by atomic mass is 10.1. The van der Waals surface area contributed by atoms with E-state index in [0.29, 0.717) is 20.1 Å². The van der Waals surface area contributed by atoms with Crippen LogP contribution in [0.4, 0.5) is 5.69 Å².